The van der Waals surface area contributed by atoms with Crippen LogP contribution in [-0.4, -0.2) is 11.2 Å². The van der Waals surface area contributed by atoms with Crippen LogP contribution < -0.4 is 16.2 Å². The highest BCUT2D eigenvalue weighted by atomic mass is 35.5. The summed E-state index contributed by atoms with van der Waals surface area (Å²) >= 11 is 5.89. The van der Waals surface area contributed by atoms with Crippen molar-refractivity contribution in [1.82, 2.24) is 4.98 Å². The van der Waals surface area contributed by atoms with E-state index in [1.807, 2.05) is 0 Å². The van der Waals surface area contributed by atoms with Gasteiger partial charge in [0.15, 0.2) is 6.23 Å². The number of hydrogen-bond donors (Lipinski definition) is 2. The predicted molar refractivity (Wildman–Crippen MR) is 94.6 cm³/mol. The number of ether oxygens (including phenoxy) is 1. The van der Waals surface area contributed by atoms with Gasteiger partial charge in [-0.1, -0.05) is 35.9 Å². The number of benzene rings is 2. The van der Waals surface area contributed by atoms with Gasteiger partial charge in [-0.3, -0.25) is 5.73 Å². The number of aromatic nitrogens is 1. The molecule has 1 aliphatic heterocycles. The van der Waals surface area contributed by atoms with Gasteiger partial charge in [-0.05, 0) is 23.3 Å². The van der Waals surface area contributed by atoms with Crippen LogP contribution in [0.2, 0.25) is 5.02 Å². The third kappa shape index (κ3) is 2.75. The molecule has 2 unspecified atom stereocenters. The lowest BCUT2D eigenvalue weighted by Crippen LogP contribution is -2.52. The molecule has 4 N–H and O–H groups in total. The van der Waals surface area contributed by atoms with E-state index >= 15 is 0 Å². The van der Waals surface area contributed by atoms with Gasteiger partial charge in [0.1, 0.15) is 17.1 Å². The average molecular weight is 392 g/mol. The monoisotopic (exact) mass is 391 g/mol. The molecule has 0 amide bonds. The molecule has 0 saturated carbocycles. The normalized spacial score (nSPS) is 21.0. The van der Waals surface area contributed by atoms with Crippen LogP contribution in [0, 0.1) is 17.7 Å². The smallest absolute Gasteiger partial charge is 0.216 e. The summed E-state index contributed by atoms with van der Waals surface area (Å²) in [5.41, 5.74) is 13.0. The SMILES string of the molecule is NC1Oc2c(-c3cc(F)nc(F)c3)cccc2C1(N)c1ccc(F)c(Cl)c1. The van der Waals surface area contributed by atoms with Crippen molar-refractivity contribution < 1.29 is 17.9 Å². The molecule has 0 spiro atoms. The van der Waals surface area contributed by atoms with Gasteiger partial charge in [0.2, 0.25) is 11.9 Å². The Morgan fingerprint density at radius 3 is 2.41 bits per heavy atom. The van der Waals surface area contributed by atoms with Gasteiger partial charge >= 0.3 is 0 Å². The summed E-state index contributed by atoms with van der Waals surface area (Å²) in [6.45, 7) is 0. The first-order valence-corrected chi connectivity index (χ1v) is 8.32. The van der Waals surface area contributed by atoms with E-state index in [9.17, 15) is 13.2 Å². The van der Waals surface area contributed by atoms with Crippen LogP contribution in [0.4, 0.5) is 13.2 Å². The molecule has 3 aromatic rings. The molecule has 8 heteroatoms. The molecule has 1 aromatic heterocycles. The highest BCUT2D eigenvalue weighted by Crippen LogP contribution is 2.47. The Labute approximate surface area is 157 Å². The quantitative estimate of drug-likeness (QED) is 0.653. The summed E-state index contributed by atoms with van der Waals surface area (Å²) in [6, 6.07) is 11.2. The average Bonchev–Trinajstić information content (AvgIpc) is 2.88. The van der Waals surface area contributed by atoms with Crippen LogP contribution in [0.5, 0.6) is 5.75 Å². The molecule has 1 aliphatic rings. The van der Waals surface area contributed by atoms with E-state index in [2.05, 4.69) is 4.98 Å². The van der Waals surface area contributed by atoms with Crippen molar-refractivity contribution in [2.45, 2.75) is 11.8 Å². The van der Waals surface area contributed by atoms with Crippen LogP contribution in [0.15, 0.2) is 48.5 Å². The zero-order chi connectivity index (χ0) is 19.3. The van der Waals surface area contributed by atoms with Crippen molar-refractivity contribution >= 4 is 11.6 Å². The van der Waals surface area contributed by atoms with Gasteiger partial charge in [-0.25, -0.2) is 4.39 Å². The Morgan fingerprint density at radius 1 is 1.04 bits per heavy atom. The first-order valence-electron chi connectivity index (χ1n) is 7.94. The van der Waals surface area contributed by atoms with Crippen molar-refractivity contribution in [3.8, 4) is 16.9 Å². The topological polar surface area (TPSA) is 74.2 Å². The number of nitrogens with zero attached hydrogens (tertiary/aromatic N) is 1. The third-order valence-electron chi connectivity index (χ3n) is 4.63. The molecule has 0 aliphatic carbocycles. The standard InChI is InChI=1S/C19H13ClF3N3O/c20-13-8-10(4-5-14(13)21)19(25)12-3-1-2-11(17(12)27-18(19)24)9-6-15(22)26-16(23)7-9/h1-8,18H,24-25H2. The Kier molecular flexibility index (Phi) is 4.10. The van der Waals surface area contributed by atoms with Gasteiger partial charge in [-0.15, -0.1) is 0 Å². The molecule has 2 atom stereocenters. The van der Waals surface area contributed by atoms with Gasteiger partial charge in [0.05, 0.1) is 5.02 Å². The van der Waals surface area contributed by atoms with Gasteiger partial charge in [0.25, 0.3) is 0 Å². The zero-order valence-corrected chi connectivity index (χ0v) is 14.5. The van der Waals surface area contributed by atoms with Gasteiger partial charge < -0.3 is 10.5 Å². The third-order valence-corrected chi connectivity index (χ3v) is 4.92. The first kappa shape index (κ1) is 17.8. The summed E-state index contributed by atoms with van der Waals surface area (Å²) in [5, 5.41) is -0.104. The Hall–Kier alpha value is -2.61. The van der Waals surface area contributed by atoms with Crippen molar-refractivity contribution in [2.24, 2.45) is 11.5 Å². The molecule has 0 bridgehead atoms. The second-order valence-corrected chi connectivity index (χ2v) is 6.63. The first-order chi connectivity index (χ1) is 12.8. The molecule has 0 saturated heterocycles. The lowest BCUT2D eigenvalue weighted by Gasteiger charge is -2.28. The number of para-hydroxylation sites is 1. The largest absolute Gasteiger partial charge is 0.472 e. The molecule has 138 valence electrons. The highest BCUT2D eigenvalue weighted by Gasteiger charge is 2.47. The lowest BCUT2D eigenvalue weighted by atomic mass is 9.82. The molecular weight excluding hydrogens is 379 g/mol. The van der Waals surface area contributed by atoms with E-state index in [-0.39, 0.29) is 16.3 Å². The minimum Gasteiger partial charge on any atom is -0.472 e. The molecule has 4 rings (SSSR count). The van der Waals surface area contributed by atoms with Crippen LogP contribution in [0.25, 0.3) is 11.1 Å². The number of pyridine rings is 1. The number of nitrogens with two attached hydrogens (primary N) is 2. The van der Waals surface area contributed by atoms with Crippen LogP contribution in [0.1, 0.15) is 11.1 Å². The predicted octanol–water partition coefficient (Wildman–Crippen LogP) is 3.70. The van der Waals surface area contributed by atoms with Crippen molar-refractivity contribution in [1.29, 1.82) is 0 Å². The van der Waals surface area contributed by atoms with Crippen LogP contribution in [-0.2, 0) is 5.54 Å². The fraction of sp³-hybridized carbons (Fsp3) is 0.105. The molecule has 2 aromatic carbocycles. The van der Waals surface area contributed by atoms with Crippen molar-refractivity contribution in [3.05, 3.63) is 82.4 Å². The van der Waals surface area contributed by atoms with Crippen molar-refractivity contribution in [2.75, 3.05) is 0 Å². The number of fused-ring (bicyclic) bond motifs is 1. The maximum Gasteiger partial charge on any atom is 0.216 e. The van der Waals surface area contributed by atoms with E-state index in [0.717, 1.165) is 12.1 Å². The van der Waals surface area contributed by atoms with E-state index in [0.29, 0.717) is 16.7 Å². The molecule has 0 fully saturated rings. The summed E-state index contributed by atoms with van der Waals surface area (Å²) in [5.74, 6) is -2.23. The number of halogens is 4. The Bertz CT molecular complexity index is 1040. The maximum absolute atomic E-state index is 13.6. The highest BCUT2D eigenvalue weighted by molar-refractivity contribution is 6.30. The Morgan fingerprint density at radius 2 is 1.74 bits per heavy atom. The molecule has 27 heavy (non-hydrogen) atoms. The van der Waals surface area contributed by atoms with E-state index < -0.39 is 29.5 Å². The minimum atomic E-state index is -1.33. The number of hydrogen-bond acceptors (Lipinski definition) is 4. The summed E-state index contributed by atoms with van der Waals surface area (Å²) < 4.78 is 46.4. The van der Waals surface area contributed by atoms with Crippen LogP contribution >= 0.6 is 11.6 Å². The van der Waals surface area contributed by atoms with Crippen molar-refractivity contribution in [3.63, 3.8) is 0 Å². The fourth-order valence-electron chi connectivity index (χ4n) is 3.28. The molecular formula is C19H13ClF3N3O. The molecule has 4 nitrogen and oxygen atoms in total. The van der Waals surface area contributed by atoms with Crippen LogP contribution in [0.3, 0.4) is 0 Å². The Balaban J connectivity index is 1.91. The summed E-state index contributed by atoms with van der Waals surface area (Å²) in [7, 11) is 0. The fourth-order valence-corrected chi connectivity index (χ4v) is 3.46. The zero-order valence-electron chi connectivity index (χ0n) is 13.7. The van der Waals surface area contributed by atoms with Gasteiger partial charge in [-0.2, -0.15) is 13.8 Å². The van der Waals surface area contributed by atoms with E-state index in [4.69, 9.17) is 27.8 Å². The summed E-state index contributed by atoms with van der Waals surface area (Å²) in [4.78, 5) is 3.09. The second-order valence-electron chi connectivity index (χ2n) is 6.22. The molecule has 0 radical (unpaired) electrons. The maximum atomic E-state index is 13.6. The lowest BCUT2D eigenvalue weighted by molar-refractivity contribution is 0.178. The second kappa shape index (κ2) is 6.23. The van der Waals surface area contributed by atoms with E-state index in [1.165, 1.54) is 18.2 Å². The minimum absolute atomic E-state index is 0.104. The summed E-state index contributed by atoms with van der Waals surface area (Å²) in [6.07, 6.45) is -1.02. The molecule has 2 heterocycles. The number of rotatable bonds is 2. The van der Waals surface area contributed by atoms with E-state index in [1.54, 1.807) is 18.2 Å². The van der Waals surface area contributed by atoms with Gasteiger partial charge in [0, 0.05) is 23.3 Å².